The van der Waals surface area contributed by atoms with Crippen molar-refractivity contribution in [3.63, 3.8) is 0 Å². The topological polar surface area (TPSA) is 76.9 Å². The van der Waals surface area contributed by atoms with E-state index in [1.165, 1.54) is 46.9 Å². The molecule has 1 N–H and O–H groups in total. The Bertz CT molecular complexity index is 1030. The largest absolute Gasteiger partial charge is 0.300 e. The van der Waals surface area contributed by atoms with Gasteiger partial charge in [0.15, 0.2) is 5.13 Å². The second kappa shape index (κ2) is 8.18. The van der Waals surface area contributed by atoms with Crippen LogP contribution in [0.2, 0.25) is 0 Å². The molecule has 28 heavy (non-hydrogen) atoms. The highest BCUT2D eigenvalue weighted by Gasteiger charge is 2.28. The van der Waals surface area contributed by atoms with Gasteiger partial charge in [0.05, 0.1) is 17.2 Å². The third-order valence-corrected chi connectivity index (χ3v) is 6.02. The minimum atomic E-state index is -0.709. The molecular formula is C20H21FN4O2S. The Morgan fingerprint density at radius 3 is 2.86 bits per heavy atom. The van der Waals surface area contributed by atoms with Crippen LogP contribution in [0.4, 0.5) is 9.52 Å². The van der Waals surface area contributed by atoms with E-state index in [-0.39, 0.29) is 11.3 Å². The molecule has 0 saturated heterocycles. The van der Waals surface area contributed by atoms with Gasteiger partial charge < -0.3 is 5.32 Å². The summed E-state index contributed by atoms with van der Waals surface area (Å²) < 4.78 is 15.0. The summed E-state index contributed by atoms with van der Waals surface area (Å²) >= 11 is 1.32. The average Bonchev–Trinajstić information content (AvgIpc) is 3.21. The van der Waals surface area contributed by atoms with Crippen LogP contribution in [0, 0.1) is 11.7 Å². The number of amides is 1. The van der Waals surface area contributed by atoms with Crippen LogP contribution in [0.1, 0.15) is 44.6 Å². The van der Waals surface area contributed by atoms with Crippen molar-refractivity contribution in [2.45, 2.75) is 44.6 Å². The molecule has 2 aromatic heterocycles. The van der Waals surface area contributed by atoms with Crippen LogP contribution in [0.25, 0.3) is 10.9 Å². The van der Waals surface area contributed by atoms with E-state index in [0.29, 0.717) is 23.0 Å². The third kappa shape index (κ3) is 3.96. The first kappa shape index (κ1) is 18.7. The number of carbonyl (C=O) groups excluding carboxylic acids is 1. The molecule has 4 rings (SSSR count). The van der Waals surface area contributed by atoms with E-state index in [2.05, 4.69) is 15.3 Å². The minimum absolute atomic E-state index is 0.179. The zero-order valence-electron chi connectivity index (χ0n) is 15.3. The van der Waals surface area contributed by atoms with Gasteiger partial charge in [-0.25, -0.2) is 14.4 Å². The van der Waals surface area contributed by atoms with Gasteiger partial charge in [0.1, 0.15) is 11.9 Å². The van der Waals surface area contributed by atoms with E-state index >= 15 is 0 Å². The Hall–Kier alpha value is -2.61. The van der Waals surface area contributed by atoms with Crippen LogP contribution in [-0.4, -0.2) is 20.4 Å². The predicted octanol–water partition coefficient (Wildman–Crippen LogP) is 4.14. The summed E-state index contributed by atoms with van der Waals surface area (Å²) in [6, 6.07) is 3.22. The van der Waals surface area contributed by atoms with Gasteiger partial charge >= 0.3 is 0 Å². The van der Waals surface area contributed by atoms with Crippen molar-refractivity contribution < 1.29 is 9.18 Å². The monoisotopic (exact) mass is 400 g/mol. The number of aromatic nitrogens is 3. The van der Waals surface area contributed by atoms with Crippen LogP contribution in [0.3, 0.4) is 0 Å². The Labute approximate surface area is 165 Å². The van der Waals surface area contributed by atoms with Gasteiger partial charge in [-0.15, -0.1) is 11.3 Å². The number of anilines is 1. The van der Waals surface area contributed by atoms with E-state index in [1.54, 1.807) is 11.6 Å². The Balaban J connectivity index is 1.71. The van der Waals surface area contributed by atoms with Crippen molar-refractivity contribution in [1.82, 2.24) is 14.5 Å². The number of benzene rings is 1. The number of hydrogen-bond acceptors (Lipinski definition) is 5. The molecule has 1 aliphatic rings. The maximum atomic E-state index is 13.7. The number of thiazole rings is 1. The molecule has 146 valence electrons. The van der Waals surface area contributed by atoms with Gasteiger partial charge in [0, 0.05) is 11.6 Å². The molecule has 1 fully saturated rings. The van der Waals surface area contributed by atoms with E-state index in [4.69, 9.17) is 0 Å². The van der Waals surface area contributed by atoms with Crippen molar-refractivity contribution >= 4 is 33.3 Å². The smallest absolute Gasteiger partial charge is 0.262 e. The first-order chi connectivity index (χ1) is 13.6. The predicted molar refractivity (Wildman–Crippen MR) is 107 cm³/mol. The van der Waals surface area contributed by atoms with Gasteiger partial charge in [-0.3, -0.25) is 14.2 Å². The van der Waals surface area contributed by atoms with Crippen molar-refractivity contribution in [3.8, 4) is 0 Å². The van der Waals surface area contributed by atoms with Gasteiger partial charge in [0.2, 0.25) is 5.91 Å². The van der Waals surface area contributed by atoms with Gasteiger partial charge in [0.25, 0.3) is 5.56 Å². The number of fused-ring (bicyclic) bond motifs is 1. The Morgan fingerprint density at radius 2 is 2.11 bits per heavy atom. The molecule has 0 radical (unpaired) electrons. The lowest BCUT2D eigenvalue weighted by atomic mass is 9.84. The number of carbonyl (C=O) groups is 1. The standard InChI is InChI=1S/C20H21FN4O2S/c21-14-6-7-16-15(11-14)19(27)25(12-23-16)17(10-13-4-2-1-3-5-13)18(26)24-20-22-8-9-28-20/h6-9,11-13,17H,1-5,10H2,(H,22,24,26)/t17-/m0/s1. The molecule has 0 unspecified atom stereocenters. The van der Waals surface area contributed by atoms with Crippen LogP contribution >= 0.6 is 11.3 Å². The zero-order chi connectivity index (χ0) is 19.5. The maximum Gasteiger partial charge on any atom is 0.262 e. The lowest BCUT2D eigenvalue weighted by molar-refractivity contribution is -0.120. The van der Waals surface area contributed by atoms with Gasteiger partial charge in [-0.2, -0.15) is 0 Å². The number of halogens is 1. The second-order valence-electron chi connectivity index (χ2n) is 7.20. The normalized spacial score (nSPS) is 16.2. The molecule has 1 aromatic carbocycles. The molecule has 1 amide bonds. The summed E-state index contributed by atoms with van der Waals surface area (Å²) in [6.07, 6.45) is 9.16. The summed E-state index contributed by atoms with van der Waals surface area (Å²) in [4.78, 5) is 34.4. The molecule has 8 heteroatoms. The fourth-order valence-corrected chi connectivity index (χ4v) is 4.42. The molecule has 1 atom stereocenters. The average molecular weight is 400 g/mol. The van der Waals surface area contributed by atoms with Gasteiger partial charge in [-0.05, 0) is 30.5 Å². The number of rotatable bonds is 5. The summed E-state index contributed by atoms with van der Waals surface area (Å²) in [7, 11) is 0. The van der Waals surface area contributed by atoms with Crippen molar-refractivity contribution in [2.75, 3.05) is 5.32 Å². The zero-order valence-corrected chi connectivity index (χ0v) is 16.1. The van der Waals surface area contributed by atoms with E-state index in [1.807, 2.05) is 0 Å². The van der Waals surface area contributed by atoms with Crippen LogP contribution < -0.4 is 10.9 Å². The molecular weight excluding hydrogens is 379 g/mol. The first-order valence-corrected chi connectivity index (χ1v) is 10.4. The van der Waals surface area contributed by atoms with E-state index < -0.39 is 17.4 Å². The molecule has 3 aromatic rings. The van der Waals surface area contributed by atoms with E-state index in [9.17, 15) is 14.0 Å². The molecule has 0 bridgehead atoms. The maximum absolute atomic E-state index is 13.7. The minimum Gasteiger partial charge on any atom is -0.300 e. The van der Waals surface area contributed by atoms with Crippen molar-refractivity contribution in [2.24, 2.45) is 5.92 Å². The number of nitrogens with one attached hydrogen (secondary N) is 1. The molecule has 2 heterocycles. The third-order valence-electron chi connectivity index (χ3n) is 5.33. The lowest BCUT2D eigenvalue weighted by Crippen LogP contribution is -2.35. The fourth-order valence-electron chi connectivity index (χ4n) is 3.89. The Morgan fingerprint density at radius 1 is 1.29 bits per heavy atom. The Kier molecular flexibility index (Phi) is 5.47. The summed E-state index contributed by atoms with van der Waals surface area (Å²) in [5.74, 6) is -0.420. The van der Waals surface area contributed by atoms with Crippen LogP contribution in [0.15, 0.2) is 40.9 Å². The molecule has 6 nitrogen and oxygen atoms in total. The summed E-state index contributed by atoms with van der Waals surface area (Å²) in [5.41, 5.74) is 0.0130. The molecule has 0 spiro atoms. The lowest BCUT2D eigenvalue weighted by Gasteiger charge is -2.27. The highest BCUT2D eigenvalue weighted by molar-refractivity contribution is 7.13. The van der Waals surface area contributed by atoms with Crippen LogP contribution in [-0.2, 0) is 4.79 Å². The quantitative estimate of drug-likeness (QED) is 0.698. The number of nitrogens with zero attached hydrogens (tertiary/aromatic N) is 3. The SMILES string of the molecule is O=C(Nc1nccs1)[C@H](CC1CCCCC1)n1cnc2ccc(F)cc2c1=O. The van der Waals surface area contributed by atoms with Crippen molar-refractivity contribution in [1.29, 1.82) is 0 Å². The summed E-state index contributed by atoms with van der Waals surface area (Å²) in [6.45, 7) is 0. The molecule has 0 aliphatic heterocycles. The fraction of sp³-hybridized carbons (Fsp3) is 0.400. The highest BCUT2D eigenvalue weighted by Crippen LogP contribution is 2.31. The molecule has 1 saturated carbocycles. The molecule has 1 aliphatic carbocycles. The summed E-state index contributed by atoms with van der Waals surface area (Å²) in [5, 5.41) is 5.25. The highest BCUT2D eigenvalue weighted by atomic mass is 32.1. The first-order valence-electron chi connectivity index (χ1n) is 9.48. The van der Waals surface area contributed by atoms with E-state index in [0.717, 1.165) is 25.7 Å². The second-order valence-corrected chi connectivity index (χ2v) is 8.10. The van der Waals surface area contributed by atoms with Crippen molar-refractivity contribution in [3.05, 3.63) is 52.3 Å². The number of hydrogen-bond donors (Lipinski definition) is 1. The van der Waals surface area contributed by atoms with Crippen LogP contribution in [0.5, 0.6) is 0 Å². The van der Waals surface area contributed by atoms with Gasteiger partial charge in [-0.1, -0.05) is 32.1 Å².